The van der Waals surface area contributed by atoms with Gasteiger partial charge in [-0.1, -0.05) is 28.9 Å². The first kappa shape index (κ1) is 21.5. The van der Waals surface area contributed by atoms with Crippen LogP contribution in [0.3, 0.4) is 0 Å². The molecule has 32 heavy (non-hydrogen) atoms. The molecule has 2 aromatic carbocycles. The van der Waals surface area contributed by atoms with Crippen LogP contribution in [0.1, 0.15) is 5.56 Å². The zero-order valence-corrected chi connectivity index (χ0v) is 18.3. The number of carbonyl (C=O) groups excluding carboxylic acids is 1. The summed E-state index contributed by atoms with van der Waals surface area (Å²) < 4.78 is 17.8. The van der Waals surface area contributed by atoms with E-state index in [0.29, 0.717) is 40.5 Å². The van der Waals surface area contributed by atoms with Gasteiger partial charge in [0.15, 0.2) is 11.5 Å². The van der Waals surface area contributed by atoms with E-state index in [1.165, 1.54) is 0 Å². The highest BCUT2D eigenvalue weighted by molar-refractivity contribution is 6.30. The lowest BCUT2D eigenvalue weighted by atomic mass is 10.2. The summed E-state index contributed by atoms with van der Waals surface area (Å²) in [6.45, 7) is 0.497. The molecule has 0 radical (unpaired) electrons. The van der Waals surface area contributed by atoms with E-state index < -0.39 is 0 Å². The van der Waals surface area contributed by atoms with E-state index in [1.54, 1.807) is 43.2 Å². The second-order valence-electron chi connectivity index (χ2n) is 6.92. The van der Waals surface area contributed by atoms with E-state index in [0.717, 1.165) is 11.1 Å². The van der Waals surface area contributed by atoms with Crippen molar-refractivity contribution >= 4 is 17.5 Å². The lowest BCUT2D eigenvalue weighted by Gasteiger charge is -2.08. The second kappa shape index (κ2) is 9.57. The first-order chi connectivity index (χ1) is 15.6. The van der Waals surface area contributed by atoms with Crippen LogP contribution < -0.4 is 14.8 Å². The molecule has 0 bridgehead atoms. The van der Waals surface area contributed by atoms with Crippen molar-refractivity contribution in [1.82, 2.24) is 20.0 Å². The molecule has 0 unspecified atom stereocenters. The van der Waals surface area contributed by atoms with Crippen molar-refractivity contribution in [3.8, 4) is 34.5 Å². The molecule has 4 rings (SSSR count). The number of ether oxygens (including phenoxy) is 2. The van der Waals surface area contributed by atoms with Crippen molar-refractivity contribution in [2.45, 2.75) is 13.1 Å². The summed E-state index contributed by atoms with van der Waals surface area (Å²) in [5.74, 6) is 1.73. The van der Waals surface area contributed by atoms with Gasteiger partial charge in [0.2, 0.25) is 11.7 Å². The van der Waals surface area contributed by atoms with Gasteiger partial charge in [-0.3, -0.25) is 4.79 Å². The van der Waals surface area contributed by atoms with E-state index in [2.05, 4.69) is 15.5 Å². The van der Waals surface area contributed by atoms with Crippen molar-refractivity contribution < 1.29 is 18.8 Å². The van der Waals surface area contributed by atoms with E-state index in [-0.39, 0.29) is 12.5 Å². The van der Waals surface area contributed by atoms with Crippen LogP contribution >= 0.6 is 11.6 Å². The van der Waals surface area contributed by atoms with Gasteiger partial charge in [0, 0.05) is 23.3 Å². The number of hydrogen-bond acceptors (Lipinski definition) is 6. The molecular formula is C23H21ClN4O4. The first-order valence-corrected chi connectivity index (χ1v) is 10.2. The summed E-state index contributed by atoms with van der Waals surface area (Å²) in [5.41, 5.74) is 2.28. The Balaban J connectivity index is 1.47. The van der Waals surface area contributed by atoms with Gasteiger partial charge in [-0.25, -0.2) is 0 Å². The molecule has 0 aliphatic heterocycles. The number of halogens is 1. The Bertz CT molecular complexity index is 1230. The number of benzene rings is 2. The number of nitrogens with zero attached hydrogens (tertiary/aromatic N) is 3. The average molecular weight is 453 g/mol. The summed E-state index contributed by atoms with van der Waals surface area (Å²) in [7, 11) is 3.14. The largest absolute Gasteiger partial charge is 0.493 e. The lowest BCUT2D eigenvalue weighted by molar-refractivity contribution is -0.121. The molecule has 8 nitrogen and oxygen atoms in total. The highest BCUT2D eigenvalue weighted by Gasteiger charge is 2.17. The molecule has 0 spiro atoms. The number of nitrogens with one attached hydrogen (secondary N) is 1. The normalized spacial score (nSPS) is 10.7. The van der Waals surface area contributed by atoms with Gasteiger partial charge in [0.25, 0.3) is 5.89 Å². The van der Waals surface area contributed by atoms with Crippen molar-refractivity contribution in [2.24, 2.45) is 0 Å². The minimum Gasteiger partial charge on any atom is -0.493 e. The van der Waals surface area contributed by atoms with Crippen LogP contribution in [0.5, 0.6) is 11.5 Å². The Morgan fingerprint density at radius 3 is 2.72 bits per heavy atom. The Hall–Kier alpha value is -3.78. The van der Waals surface area contributed by atoms with Crippen molar-refractivity contribution in [3.63, 3.8) is 0 Å². The molecule has 0 aliphatic carbocycles. The van der Waals surface area contributed by atoms with Gasteiger partial charge in [0.1, 0.15) is 12.2 Å². The van der Waals surface area contributed by atoms with E-state index in [1.807, 2.05) is 36.4 Å². The van der Waals surface area contributed by atoms with Crippen LogP contribution in [-0.4, -0.2) is 34.8 Å². The summed E-state index contributed by atoms with van der Waals surface area (Å²) in [4.78, 5) is 16.9. The predicted octanol–water partition coefficient (Wildman–Crippen LogP) is 4.19. The fourth-order valence-corrected chi connectivity index (χ4v) is 3.44. The Kier molecular flexibility index (Phi) is 6.42. The Morgan fingerprint density at radius 2 is 1.94 bits per heavy atom. The van der Waals surface area contributed by atoms with E-state index in [9.17, 15) is 4.79 Å². The number of amides is 1. The SMILES string of the molecule is COc1ccc(-c2noc(-c3cccn3CC(=O)NCc3cccc(Cl)c3)n2)cc1OC. The molecule has 9 heteroatoms. The molecule has 0 aliphatic rings. The summed E-state index contributed by atoms with van der Waals surface area (Å²) in [5, 5.41) is 7.59. The van der Waals surface area contributed by atoms with Crippen LogP contribution in [-0.2, 0) is 17.9 Å². The van der Waals surface area contributed by atoms with Crippen molar-refractivity contribution in [3.05, 3.63) is 71.4 Å². The van der Waals surface area contributed by atoms with Gasteiger partial charge in [-0.05, 0) is 48.0 Å². The van der Waals surface area contributed by atoms with Crippen LogP contribution in [0.4, 0.5) is 0 Å². The fourth-order valence-electron chi connectivity index (χ4n) is 3.22. The molecule has 0 atom stereocenters. The van der Waals surface area contributed by atoms with E-state index >= 15 is 0 Å². The van der Waals surface area contributed by atoms with Gasteiger partial charge >= 0.3 is 0 Å². The van der Waals surface area contributed by atoms with Gasteiger partial charge in [0.05, 0.1) is 14.2 Å². The highest BCUT2D eigenvalue weighted by atomic mass is 35.5. The van der Waals surface area contributed by atoms with Gasteiger partial charge in [-0.15, -0.1) is 0 Å². The molecule has 4 aromatic rings. The third kappa shape index (κ3) is 4.76. The molecule has 164 valence electrons. The zero-order valence-electron chi connectivity index (χ0n) is 17.5. The third-order valence-electron chi connectivity index (χ3n) is 4.81. The Morgan fingerprint density at radius 1 is 1.09 bits per heavy atom. The number of methoxy groups -OCH3 is 2. The first-order valence-electron chi connectivity index (χ1n) is 9.80. The maximum Gasteiger partial charge on any atom is 0.274 e. The minimum absolute atomic E-state index is 0.108. The second-order valence-corrected chi connectivity index (χ2v) is 7.36. The van der Waals surface area contributed by atoms with Crippen LogP contribution in [0.15, 0.2) is 65.3 Å². The molecule has 0 saturated heterocycles. The van der Waals surface area contributed by atoms with Crippen molar-refractivity contribution in [2.75, 3.05) is 14.2 Å². The standard InChI is InChI=1S/C23H21ClN4O4/c1-30-19-9-8-16(12-20(19)31-2)22-26-23(32-27-22)18-7-4-10-28(18)14-21(29)25-13-15-5-3-6-17(24)11-15/h3-12H,13-14H2,1-2H3,(H,25,29). The van der Waals surface area contributed by atoms with E-state index in [4.69, 9.17) is 25.6 Å². The monoisotopic (exact) mass is 452 g/mol. The lowest BCUT2D eigenvalue weighted by Crippen LogP contribution is -2.27. The minimum atomic E-state index is -0.151. The molecule has 0 fully saturated rings. The topological polar surface area (TPSA) is 91.4 Å². The maximum atomic E-state index is 12.5. The average Bonchev–Trinajstić information content (AvgIpc) is 3.47. The van der Waals surface area contributed by atoms with Crippen LogP contribution in [0.25, 0.3) is 23.0 Å². The summed E-state index contributed by atoms with van der Waals surface area (Å²) in [6, 6.07) is 16.4. The fraction of sp³-hybridized carbons (Fsp3) is 0.174. The number of aromatic nitrogens is 3. The quantitative estimate of drug-likeness (QED) is 0.431. The molecule has 1 N–H and O–H groups in total. The zero-order chi connectivity index (χ0) is 22.5. The highest BCUT2D eigenvalue weighted by Crippen LogP contribution is 2.32. The molecule has 0 saturated carbocycles. The predicted molar refractivity (Wildman–Crippen MR) is 120 cm³/mol. The Labute approximate surface area is 189 Å². The summed E-state index contributed by atoms with van der Waals surface area (Å²) in [6.07, 6.45) is 1.79. The summed E-state index contributed by atoms with van der Waals surface area (Å²) >= 11 is 5.99. The van der Waals surface area contributed by atoms with Gasteiger partial charge < -0.3 is 23.9 Å². The van der Waals surface area contributed by atoms with Gasteiger partial charge in [-0.2, -0.15) is 4.98 Å². The maximum absolute atomic E-state index is 12.5. The molecule has 2 aromatic heterocycles. The smallest absolute Gasteiger partial charge is 0.274 e. The van der Waals surface area contributed by atoms with Crippen LogP contribution in [0, 0.1) is 0 Å². The third-order valence-corrected chi connectivity index (χ3v) is 5.04. The van der Waals surface area contributed by atoms with Crippen LogP contribution in [0.2, 0.25) is 5.02 Å². The molecular weight excluding hydrogens is 432 g/mol. The molecule has 2 heterocycles. The number of rotatable bonds is 8. The number of carbonyl (C=O) groups is 1. The number of hydrogen-bond donors (Lipinski definition) is 1. The van der Waals surface area contributed by atoms with Crippen molar-refractivity contribution in [1.29, 1.82) is 0 Å². The molecule has 1 amide bonds.